The maximum absolute atomic E-state index is 12.9. The largest absolute Gasteiger partial charge is 0.300 e. The summed E-state index contributed by atoms with van der Waals surface area (Å²) in [6, 6.07) is 18.2. The molecule has 0 unspecified atom stereocenters. The molecule has 5 nitrogen and oxygen atoms in total. The van der Waals surface area contributed by atoms with Crippen LogP contribution in [-0.2, 0) is 16.0 Å². The summed E-state index contributed by atoms with van der Waals surface area (Å²) in [6.45, 7) is 3.85. The topological polar surface area (TPSA) is 62.3 Å². The first kappa shape index (κ1) is 24.1. The molecule has 0 atom stereocenters. The summed E-state index contributed by atoms with van der Waals surface area (Å²) in [5, 5.41) is 3.30. The van der Waals surface area contributed by atoms with Crippen LogP contribution in [0.5, 0.6) is 0 Å². The number of thioether (sulfide) groups is 1. The van der Waals surface area contributed by atoms with E-state index in [-0.39, 0.29) is 18.4 Å². The number of rotatable bonds is 7. The first-order valence-corrected chi connectivity index (χ1v) is 12.7. The van der Waals surface area contributed by atoms with E-state index in [1.54, 1.807) is 6.20 Å². The molecule has 1 fully saturated rings. The molecule has 1 aliphatic rings. The quantitative estimate of drug-likeness (QED) is 0.323. The van der Waals surface area contributed by atoms with E-state index in [0.717, 1.165) is 22.4 Å². The molecule has 0 saturated carbocycles. The molecule has 2 amide bonds. The van der Waals surface area contributed by atoms with Crippen molar-refractivity contribution in [3.05, 3.63) is 98.9 Å². The first-order chi connectivity index (χ1) is 16.4. The monoisotopic (exact) mass is 505 g/mol. The lowest BCUT2D eigenvalue weighted by Crippen LogP contribution is -2.36. The lowest BCUT2D eigenvalue weighted by Gasteiger charge is -2.13. The molecule has 2 heterocycles. The smallest absolute Gasteiger partial charge is 0.266 e. The average molecular weight is 506 g/mol. The Kier molecular flexibility index (Phi) is 7.72. The standard InChI is InChI=1S/C26H23N3O2S3/c1-17-7-6-10-20(11-17)14-21-15-27-25(33-21)28-23(30)16-29-24(31)22(34-26(29)32)13-18(2)12-19-8-4-3-5-9-19/h3-13,15H,14,16H2,1-2H3,(H,27,28,30). The predicted molar refractivity (Wildman–Crippen MR) is 145 cm³/mol. The number of amides is 2. The van der Waals surface area contributed by atoms with Crippen molar-refractivity contribution < 1.29 is 9.59 Å². The number of aromatic nitrogens is 1. The van der Waals surface area contributed by atoms with E-state index in [0.29, 0.717) is 14.4 Å². The Bertz CT molecular complexity index is 1300. The Morgan fingerprint density at radius 2 is 1.97 bits per heavy atom. The number of carbonyl (C=O) groups excluding carboxylic acids is 2. The van der Waals surface area contributed by atoms with Crippen molar-refractivity contribution in [2.24, 2.45) is 0 Å². The van der Waals surface area contributed by atoms with Crippen LogP contribution in [0.1, 0.15) is 28.5 Å². The minimum Gasteiger partial charge on any atom is -0.300 e. The van der Waals surface area contributed by atoms with E-state index >= 15 is 0 Å². The van der Waals surface area contributed by atoms with Gasteiger partial charge in [-0.1, -0.05) is 90.2 Å². The van der Waals surface area contributed by atoms with Crippen LogP contribution in [0.25, 0.3) is 6.08 Å². The van der Waals surface area contributed by atoms with Gasteiger partial charge < -0.3 is 5.32 Å². The van der Waals surface area contributed by atoms with Gasteiger partial charge in [0.1, 0.15) is 10.9 Å². The zero-order chi connectivity index (χ0) is 24.1. The van der Waals surface area contributed by atoms with Crippen LogP contribution >= 0.6 is 35.3 Å². The van der Waals surface area contributed by atoms with Crippen LogP contribution in [0.2, 0.25) is 0 Å². The number of nitrogens with one attached hydrogen (secondary N) is 1. The number of hydrogen-bond donors (Lipinski definition) is 1. The third-order valence-electron chi connectivity index (χ3n) is 4.99. The lowest BCUT2D eigenvalue weighted by molar-refractivity contribution is -0.126. The molecule has 1 saturated heterocycles. The second-order valence-corrected chi connectivity index (χ2v) is 10.7. The summed E-state index contributed by atoms with van der Waals surface area (Å²) in [5.74, 6) is -0.587. The summed E-state index contributed by atoms with van der Waals surface area (Å²) in [5.41, 5.74) is 4.39. The maximum Gasteiger partial charge on any atom is 0.266 e. The van der Waals surface area contributed by atoms with Crippen LogP contribution < -0.4 is 5.32 Å². The molecule has 0 bridgehead atoms. The summed E-state index contributed by atoms with van der Waals surface area (Å²) < 4.78 is 0.373. The van der Waals surface area contributed by atoms with Gasteiger partial charge >= 0.3 is 0 Å². The Balaban J connectivity index is 1.36. The fraction of sp³-hybridized carbons (Fsp3) is 0.154. The molecular formula is C26H23N3O2S3. The molecule has 3 aromatic rings. The van der Waals surface area contributed by atoms with Crippen molar-refractivity contribution in [1.82, 2.24) is 9.88 Å². The van der Waals surface area contributed by atoms with Gasteiger partial charge in [-0.3, -0.25) is 14.5 Å². The average Bonchev–Trinajstić information content (AvgIpc) is 3.33. The maximum atomic E-state index is 12.9. The Hall–Kier alpha value is -3.07. The van der Waals surface area contributed by atoms with Crippen molar-refractivity contribution in [2.45, 2.75) is 20.3 Å². The summed E-state index contributed by atoms with van der Waals surface area (Å²) in [6.07, 6.45) is 6.33. The van der Waals surface area contributed by atoms with Crippen LogP contribution in [-0.4, -0.2) is 32.6 Å². The molecule has 1 N–H and O–H groups in total. The molecule has 172 valence electrons. The highest BCUT2D eigenvalue weighted by molar-refractivity contribution is 8.26. The Labute approximate surface area is 212 Å². The molecular weight excluding hydrogens is 483 g/mol. The predicted octanol–water partition coefficient (Wildman–Crippen LogP) is 5.83. The number of nitrogens with zero attached hydrogens (tertiary/aromatic N) is 2. The van der Waals surface area contributed by atoms with Crippen LogP contribution in [0, 0.1) is 6.92 Å². The van der Waals surface area contributed by atoms with Crippen LogP contribution in [0.15, 0.2) is 77.3 Å². The van der Waals surface area contributed by atoms with E-state index in [1.807, 2.05) is 55.5 Å². The summed E-state index contributed by atoms with van der Waals surface area (Å²) >= 11 is 8.00. The Morgan fingerprint density at radius 1 is 1.18 bits per heavy atom. The number of hydrogen-bond acceptors (Lipinski definition) is 6. The first-order valence-electron chi connectivity index (χ1n) is 10.7. The molecule has 0 aliphatic carbocycles. The van der Waals surface area contributed by atoms with Gasteiger partial charge in [0.25, 0.3) is 5.91 Å². The number of anilines is 1. The van der Waals surface area contributed by atoms with Crippen molar-refractivity contribution >= 4 is 62.7 Å². The highest BCUT2D eigenvalue weighted by Gasteiger charge is 2.33. The number of aryl methyl sites for hydroxylation is 1. The minimum absolute atomic E-state index is 0.143. The number of benzene rings is 2. The molecule has 34 heavy (non-hydrogen) atoms. The van der Waals surface area contributed by atoms with Crippen molar-refractivity contribution in [3.63, 3.8) is 0 Å². The van der Waals surface area contributed by atoms with Gasteiger partial charge in [-0.2, -0.15) is 0 Å². The van der Waals surface area contributed by atoms with E-state index < -0.39 is 0 Å². The van der Waals surface area contributed by atoms with E-state index in [9.17, 15) is 9.59 Å². The molecule has 4 rings (SSSR count). The molecule has 1 aliphatic heterocycles. The third-order valence-corrected chi connectivity index (χ3v) is 7.28. The molecule has 1 aromatic heterocycles. The number of thiocarbonyl (C=S) groups is 1. The van der Waals surface area contributed by atoms with Gasteiger partial charge in [-0.05, 0) is 36.6 Å². The van der Waals surface area contributed by atoms with E-state index in [1.165, 1.54) is 39.1 Å². The Morgan fingerprint density at radius 3 is 2.74 bits per heavy atom. The molecule has 0 radical (unpaired) electrons. The van der Waals surface area contributed by atoms with Crippen molar-refractivity contribution in [3.8, 4) is 0 Å². The zero-order valence-electron chi connectivity index (χ0n) is 18.8. The number of allylic oxidation sites excluding steroid dienone is 2. The van der Waals surface area contributed by atoms with Gasteiger partial charge in [0.2, 0.25) is 5.91 Å². The van der Waals surface area contributed by atoms with Crippen LogP contribution in [0.3, 0.4) is 0 Å². The second-order valence-electron chi connectivity index (χ2n) is 7.91. The normalized spacial score (nSPS) is 15.3. The summed E-state index contributed by atoms with van der Waals surface area (Å²) in [4.78, 5) is 32.7. The number of thiazole rings is 1. The van der Waals surface area contributed by atoms with E-state index in [2.05, 4.69) is 35.4 Å². The molecule has 8 heteroatoms. The highest BCUT2D eigenvalue weighted by Crippen LogP contribution is 2.32. The number of carbonyl (C=O) groups is 2. The fourth-order valence-electron chi connectivity index (χ4n) is 3.47. The van der Waals surface area contributed by atoms with E-state index in [4.69, 9.17) is 12.2 Å². The second kappa shape index (κ2) is 10.9. The van der Waals surface area contributed by atoms with Gasteiger partial charge in [-0.25, -0.2) is 4.98 Å². The van der Waals surface area contributed by atoms with Crippen molar-refractivity contribution in [2.75, 3.05) is 11.9 Å². The summed E-state index contributed by atoms with van der Waals surface area (Å²) in [7, 11) is 0. The fourth-order valence-corrected chi connectivity index (χ4v) is 5.64. The minimum atomic E-state index is -0.328. The third kappa shape index (κ3) is 6.28. The SMILES string of the molecule is CC(=Cc1ccccc1)C=C1SC(=S)N(CC(=O)Nc2ncc(Cc3cccc(C)c3)s2)C1=O. The zero-order valence-corrected chi connectivity index (χ0v) is 21.2. The molecule has 2 aromatic carbocycles. The van der Waals surface area contributed by atoms with Gasteiger partial charge in [0.05, 0.1) is 4.91 Å². The van der Waals surface area contributed by atoms with Crippen molar-refractivity contribution in [1.29, 1.82) is 0 Å². The lowest BCUT2D eigenvalue weighted by atomic mass is 10.1. The molecule has 0 spiro atoms. The van der Waals surface area contributed by atoms with Crippen LogP contribution in [0.4, 0.5) is 5.13 Å². The van der Waals surface area contributed by atoms with Gasteiger partial charge in [0, 0.05) is 17.5 Å². The van der Waals surface area contributed by atoms with Gasteiger partial charge in [-0.15, -0.1) is 11.3 Å². The van der Waals surface area contributed by atoms with Gasteiger partial charge in [0.15, 0.2) is 5.13 Å². The highest BCUT2D eigenvalue weighted by atomic mass is 32.2.